The van der Waals surface area contributed by atoms with Crippen molar-refractivity contribution in [3.8, 4) is 0 Å². The third-order valence-corrected chi connectivity index (χ3v) is 2.63. The maximum atomic E-state index is 10.7. The molecule has 0 bridgehead atoms. The monoisotopic (exact) mass is 288 g/mol. The standard InChI is InChI=1S/C13H9ClN4O2/c14-13(11-4-1-5-12(7-11)18(19)20)17-16-9-10-3-2-6-15-8-10/h1-9H. The van der Waals surface area contributed by atoms with Gasteiger partial charge in [0.25, 0.3) is 5.69 Å². The zero-order valence-corrected chi connectivity index (χ0v) is 10.9. The van der Waals surface area contributed by atoms with Gasteiger partial charge in [0.1, 0.15) is 0 Å². The molecule has 6 nitrogen and oxygen atoms in total. The summed E-state index contributed by atoms with van der Waals surface area (Å²) in [4.78, 5) is 14.1. The van der Waals surface area contributed by atoms with Crippen molar-refractivity contribution in [3.05, 3.63) is 70.0 Å². The Morgan fingerprint density at radius 2 is 2.20 bits per heavy atom. The first kappa shape index (κ1) is 13.8. The van der Waals surface area contributed by atoms with Crippen LogP contribution in [-0.4, -0.2) is 21.3 Å². The van der Waals surface area contributed by atoms with E-state index < -0.39 is 4.92 Å². The minimum atomic E-state index is -0.493. The zero-order valence-electron chi connectivity index (χ0n) is 10.2. The van der Waals surface area contributed by atoms with Gasteiger partial charge < -0.3 is 0 Å². The Balaban J connectivity index is 2.16. The first-order chi connectivity index (χ1) is 9.66. The summed E-state index contributed by atoms with van der Waals surface area (Å²) in [6.45, 7) is 0. The number of halogens is 1. The summed E-state index contributed by atoms with van der Waals surface area (Å²) in [5, 5.41) is 18.3. The predicted molar refractivity (Wildman–Crippen MR) is 77.3 cm³/mol. The second-order valence-electron chi connectivity index (χ2n) is 3.73. The van der Waals surface area contributed by atoms with Gasteiger partial charge in [0, 0.05) is 35.7 Å². The number of aromatic nitrogens is 1. The largest absolute Gasteiger partial charge is 0.270 e. The fraction of sp³-hybridized carbons (Fsp3) is 0. The molecule has 0 saturated heterocycles. The molecule has 20 heavy (non-hydrogen) atoms. The van der Waals surface area contributed by atoms with E-state index in [0.29, 0.717) is 5.56 Å². The Labute approximate surface area is 119 Å². The van der Waals surface area contributed by atoms with Gasteiger partial charge in [-0.15, -0.1) is 5.10 Å². The quantitative estimate of drug-likeness (QED) is 0.492. The van der Waals surface area contributed by atoms with Crippen LogP contribution in [0, 0.1) is 10.1 Å². The van der Waals surface area contributed by atoms with Gasteiger partial charge in [-0.25, -0.2) is 0 Å². The molecule has 0 saturated carbocycles. The van der Waals surface area contributed by atoms with Crippen LogP contribution < -0.4 is 0 Å². The van der Waals surface area contributed by atoms with E-state index in [2.05, 4.69) is 15.2 Å². The molecule has 0 aliphatic rings. The second kappa shape index (κ2) is 6.53. The SMILES string of the molecule is O=[N+]([O-])c1cccc(C(Cl)=NN=Cc2cccnc2)c1. The highest BCUT2D eigenvalue weighted by Crippen LogP contribution is 2.15. The van der Waals surface area contributed by atoms with Gasteiger partial charge >= 0.3 is 0 Å². The molecule has 1 aromatic heterocycles. The van der Waals surface area contributed by atoms with Crippen LogP contribution in [0.2, 0.25) is 0 Å². The minimum Gasteiger partial charge on any atom is -0.264 e. The number of hydrogen-bond acceptors (Lipinski definition) is 5. The number of rotatable bonds is 4. The summed E-state index contributed by atoms with van der Waals surface area (Å²) in [7, 11) is 0. The Hall–Kier alpha value is -2.60. The third kappa shape index (κ3) is 3.69. The molecule has 0 N–H and O–H groups in total. The zero-order chi connectivity index (χ0) is 14.4. The molecule has 0 aliphatic heterocycles. The van der Waals surface area contributed by atoms with Crippen molar-refractivity contribution in [2.45, 2.75) is 0 Å². The molecule has 0 aliphatic carbocycles. The molecule has 0 spiro atoms. The summed E-state index contributed by atoms with van der Waals surface area (Å²) in [5.41, 5.74) is 1.16. The molecule has 100 valence electrons. The third-order valence-electron chi connectivity index (χ3n) is 2.33. The number of nitro groups is 1. The van der Waals surface area contributed by atoms with Crippen LogP contribution in [0.15, 0.2) is 59.0 Å². The Morgan fingerprint density at radius 1 is 1.35 bits per heavy atom. The van der Waals surface area contributed by atoms with Crippen LogP contribution in [0.4, 0.5) is 5.69 Å². The number of nitro benzene ring substituents is 1. The summed E-state index contributed by atoms with van der Waals surface area (Å²) < 4.78 is 0. The van der Waals surface area contributed by atoms with E-state index in [4.69, 9.17) is 11.6 Å². The molecule has 0 unspecified atom stereocenters. The van der Waals surface area contributed by atoms with Crippen molar-refractivity contribution >= 4 is 28.7 Å². The highest BCUT2D eigenvalue weighted by Gasteiger charge is 2.08. The van der Waals surface area contributed by atoms with Gasteiger partial charge in [0.05, 0.1) is 11.1 Å². The van der Waals surface area contributed by atoms with Crippen molar-refractivity contribution in [1.82, 2.24) is 4.98 Å². The van der Waals surface area contributed by atoms with Crippen LogP contribution in [0.25, 0.3) is 0 Å². The van der Waals surface area contributed by atoms with Crippen molar-refractivity contribution in [1.29, 1.82) is 0 Å². The second-order valence-corrected chi connectivity index (χ2v) is 4.09. The van der Waals surface area contributed by atoms with Gasteiger partial charge in [-0.2, -0.15) is 5.10 Å². The molecule has 1 aromatic carbocycles. The molecular weight excluding hydrogens is 280 g/mol. The smallest absolute Gasteiger partial charge is 0.264 e. The van der Waals surface area contributed by atoms with E-state index in [0.717, 1.165) is 5.56 Å². The Kier molecular flexibility index (Phi) is 4.52. The number of benzene rings is 1. The molecule has 0 amide bonds. The Morgan fingerprint density at radius 3 is 2.90 bits per heavy atom. The summed E-state index contributed by atoms with van der Waals surface area (Å²) in [5.74, 6) is 0. The maximum Gasteiger partial charge on any atom is 0.270 e. The summed E-state index contributed by atoms with van der Waals surface area (Å²) >= 11 is 5.95. The number of hydrogen-bond donors (Lipinski definition) is 0. The van der Waals surface area contributed by atoms with E-state index in [9.17, 15) is 10.1 Å². The average Bonchev–Trinajstić information content (AvgIpc) is 2.48. The molecule has 0 atom stereocenters. The highest BCUT2D eigenvalue weighted by atomic mass is 35.5. The molecule has 0 radical (unpaired) electrons. The average molecular weight is 289 g/mol. The van der Waals surface area contributed by atoms with Gasteiger partial charge in [0.15, 0.2) is 5.17 Å². The van der Waals surface area contributed by atoms with Gasteiger partial charge in [-0.1, -0.05) is 29.8 Å². The Bertz CT molecular complexity index is 671. The van der Waals surface area contributed by atoms with Crippen LogP contribution in [0.1, 0.15) is 11.1 Å². The van der Waals surface area contributed by atoms with Gasteiger partial charge in [-0.3, -0.25) is 15.1 Å². The first-order valence-electron chi connectivity index (χ1n) is 5.58. The van der Waals surface area contributed by atoms with Gasteiger partial charge in [-0.05, 0) is 6.07 Å². The van der Waals surface area contributed by atoms with Crippen molar-refractivity contribution in [3.63, 3.8) is 0 Å². The van der Waals surface area contributed by atoms with E-state index in [1.807, 2.05) is 6.07 Å². The lowest BCUT2D eigenvalue weighted by molar-refractivity contribution is -0.384. The maximum absolute atomic E-state index is 10.7. The van der Waals surface area contributed by atoms with Gasteiger partial charge in [0.2, 0.25) is 0 Å². The fourth-order valence-electron chi connectivity index (χ4n) is 1.40. The van der Waals surface area contributed by atoms with Crippen LogP contribution in [0.3, 0.4) is 0 Å². The van der Waals surface area contributed by atoms with Crippen molar-refractivity contribution in [2.75, 3.05) is 0 Å². The number of non-ortho nitro benzene ring substituents is 1. The highest BCUT2D eigenvalue weighted by molar-refractivity contribution is 6.69. The normalized spacial score (nSPS) is 11.8. The lowest BCUT2D eigenvalue weighted by Crippen LogP contribution is -1.94. The minimum absolute atomic E-state index is 0.0490. The summed E-state index contributed by atoms with van der Waals surface area (Å²) in [6, 6.07) is 9.47. The van der Waals surface area contributed by atoms with E-state index in [-0.39, 0.29) is 10.9 Å². The lowest BCUT2D eigenvalue weighted by atomic mass is 10.2. The van der Waals surface area contributed by atoms with Crippen LogP contribution >= 0.6 is 11.6 Å². The topological polar surface area (TPSA) is 80.8 Å². The van der Waals surface area contributed by atoms with Crippen LogP contribution in [-0.2, 0) is 0 Å². The summed E-state index contributed by atoms with van der Waals surface area (Å²) in [6.07, 6.45) is 4.77. The number of pyridine rings is 1. The van der Waals surface area contributed by atoms with Crippen LogP contribution in [0.5, 0.6) is 0 Å². The molecule has 1 heterocycles. The number of nitrogens with zero attached hydrogens (tertiary/aromatic N) is 4. The van der Waals surface area contributed by atoms with E-state index in [1.165, 1.54) is 24.4 Å². The van der Waals surface area contributed by atoms with Crippen molar-refractivity contribution < 1.29 is 4.92 Å². The first-order valence-corrected chi connectivity index (χ1v) is 5.96. The fourth-order valence-corrected chi connectivity index (χ4v) is 1.57. The van der Waals surface area contributed by atoms with E-state index >= 15 is 0 Å². The predicted octanol–water partition coefficient (Wildman–Crippen LogP) is 3.01. The molecule has 7 heteroatoms. The molecule has 0 fully saturated rings. The molecular formula is C13H9ClN4O2. The molecule has 2 rings (SSSR count). The van der Waals surface area contributed by atoms with E-state index in [1.54, 1.807) is 24.5 Å². The lowest BCUT2D eigenvalue weighted by Gasteiger charge is -1.96. The molecule has 2 aromatic rings. The van der Waals surface area contributed by atoms with Crippen molar-refractivity contribution in [2.24, 2.45) is 10.2 Å².